The second-order valence-corrected chi connectivity index (χ2v) is 2.88. The molecule has 1 amide bonds. The summed E-state index contributed by atoms with van der Waals surface area (Å²) < 4.78 is 36.5. The fourth-order valence-electron chi connectivity index (χ4n) is 1.20. The molecule has 0 saturated heterocycles. The average Bonchev–Trinajstić information content (AvgIpc) is 2.19. The molecule has 0 aliphatic carbocycles. The molecule has 0 atom stereocenters. The van der Waals surface area contributed by atoms with Crippen LogP contribution in [0.5, 0.6) is 0 Å². The van der Waals surface area contributed by atoms with Crippen LogP contribution in [0.2, 0.25) is 0 Å². The van der Waals surface area contributed by atoms with Gasteiger partial charge in [0.2, 0.25) is 0 Å². The van der Waals surface area contributed by atoms with E-state index in [1.807, 2.05) is 0 Å². The van der Waals surface area contributed by atoms with Crippen molar-refractivity contribution in [3.05, 3.63) is 30.3 Å². The van der Waals surface area contributed by atoms with Crippen LogP contribution in [0.1, 0.15) is 6.92 Å². The van der Waals surface area contributed by atoms with Gasteiger partial charge in [-0.25, -0.2) is 0 Å². The Hall–Kier alpha value is -1.52. The van der Waals surface area contributed by atoms with Crippen LogP contribution in [0.3, 0.4) is 0 Å². The number of benzene rings is 1. The zero-order valence-electron chi connectivity index (χ0n) is 8.08. The van der Waals surface area contributed by atoms with E-state index in [4.69, 9.17) is 0 Å². The Morgan fingerprint density at radius 3 is 2.20 bits per heavy atom. The van der Waals surface area contributed by atoms with E-state index in [-0.39, 0.29) is 12.2 Å². The van der Waals surface area contributed by atoms with Gasteiger partial charge < -0.3 is 4.90 Å². The zero-order chi connectivity index (χ0) is 11.5. The maximum Gasteiger partial charge on any atom is 0.471 e. The highest BCUT2D eigenvalue weighted by molar-refractivity contribution is 5.97. The maximum absolute atomic E-state index is 12.2. The number of halogens is 3. The lowest BCUT2D eigenvalue weighted by Crippen LogP contribution is -2.41. The van der Waals surface area contributed by atoms with Gasteiger partial charge >= 0.3 is 12.1 Å². The minimum Gasteiger partial charge on any atom is -0.305 e. The number of alkyl halides is 3. The monoisotopic (exact) mass is 217 g/mol. The fraction of sp³-hybridized carbons (Fsp3) is 0.300. The van der Waals surface area contributed by atoms with Gasteiger partial charge in [0.1, 0.15) is 0 Å². The van der Waals surface area contributed by atoms with Crippen molar-refractivity contribution in [1.29, 1.82) is 0 Å². The van der Waals surface area contributed by atoms with Crippen molar-refractivity contribution in [2.24, 2.45) is 0 Å². The van der Waals surface area contributed by atoms with E-state index < -0.39 is 12.1 Å². The number of para-hydroxylation sites is 1. The average molecular weight is 217 g/mol. The molecule has 0 aliphatic heterocycles. The molecule has 0 fully saturated rings. The second kappa shape index (κ2) is 4.33. The van der Waals surface area contributed by atoms with Gasteiger partial charge in [0.05, 0.1) is 0 Å². The molecule has 0 bridgehead atoms. The minimum absolute atomic E-state index is 0.0116. The smallest absolute Gasteiger partial charge is 0.305 e. The van der Waals surface area contributed by atoms with Crippen LogP contribution in [0.4, 0.5) is 18.9 Å². The summed E-state index contributed by atoms with van der Waals surface area (Å²) >= 11 is 0. The third kappa shape index (κ3) is 2.71. The van der Waals surface area contributed by atoms with Crippen molar-refractivity contribution < 1.29 is 18.0 Å². The number of carbonyl (C=O) groups is 1. The lowest BCUT2D eigenvalue weighted by atomic mass is 10.3. The van der Waals surface area contributed by atoms with E-state index in [2.05, 4.69) is 0 Å². The topological polar surface area (TPSA) is 20.3 Å². The van der Waals surface area contributed by atoms with Crippen LogP contribution in [0.15, 0.2) is 30.3 Å². The first-order valence-electron chi connectivity index (χ1n) is 4.40. The number of hydrogen-bond donors (Lipinski definition) is 0. The Balaban J connectivity index is 2.96. The molecule has 82 valence electrons. The van der Waals surface area contributed by atoms with Crippen LogP contribution in [0, 0.1) is 0 Å². The van der Waals surface area contributed by atoms with Gasteiger partial charge in [-0.15, -0.1) is 0 Å². The molecular weight excluding hydrogens is 207 g/mol. The summed E-state index contributed by atoms with van der Waals surface area (Å²) in [5, 5.41) is 0. The first-order valence-corrected chi connectivity index (χ1v) is 4.40. The van der Waals surface area contributed by atoms with Crippen molar-refractivity contribution in [3.8, 4) is 0 Å². The number of rotatable bonds is 2. The Kier molecular flexibility index (Phi) is 3.34. The van der Waals surface area contributed by atoms with Crippen LogP contribution in [-0.4, -0.2) is 18.6 Å². The fourth-order valence-corrected chi connectivity index (χ4v) is 1.20. The third-order valence-electron chi connectivity index (χ3n) is 1.87. The Morgan fingerprint density at radius 2 is 1.80 bits per heavy atom. The van der Waals surface area contributed by atoms with E-state index in [9.17, 15) is 18.0 Å². The van der Waals surface area contributed by atoms with Gasteiger partial charge in [-0.2, -0.15) is 13.2 Å². The number of anilines is 1. The summed E-state index contributed by atoms with van der Waals surface area (Å²) in [6.45, 7) is 1.49. The third-order valence-corrected chi connectivity index (χ3v) is 1.87. The van der Waals surface area contributed by atoms with Crippen LogP contribution < -0.4 is 4.90 Å². The maximum atomic E-state index is 12.2. The van der Waals surface area contributed by atoms with Crippen LogP contribution in [0.25, 0.3) is 0 Å². The zero-order valence-corrected chi connectivity index (χ0v) is 8.08. The SMILES string of the molecule is CCN(C(=O)C(F)(F)F)c1ccccc1. The molecule has 0 aromatic heterocycles. The molecule has 0 N–H and O–H groups in total. The standard InChI is InChI=1S/C10H10F3NO/c1-2-14(9(15)10(11,12)13)8-6-4-3-5-7-8/h3-7H,2H2,1H3. The molecule has 0 spiro atoms. The molecule has 0 saturated carbocycles. The lowest BCUT2D eigenvalue weighted by molar-refractivity contribution is -0.170. The van der Waals surface area contributed by atoms with Gasteiger partial charge in [-0.05, 0) is 19.1 Å². The van der Waals surface area contributed by atoms with Crippen LogP contribution in [-0.2, 0) is 4.79 Å². The first-order chi connectivity index (χ1) is 6.96. The molecule has 2 nitrogen and oxygen atoms in total. The van der Waals surface area contributed by atoms with Gasteiger partial charge in [-0.1, -0.05) is 18.2 Å². The van der Waals surface area contributed by atoms with Crippen molar-refractivity contribution in [1.82, 2.24) is 0 Å². The highest BCUT2D eigenvalue weighted by Crippen LogP contribution is 2.22. The van der Waals surface area contributed by atoms with E-state index in [1.165, 1.54) is 19.1 Å². The van der Waals surface area contributed by atoms with E-state index in [1.54, 1.807) is 18.2 Å². The van der Waals surface area contributed by atoms with Crippen molar-refractivity contribution in [3.63, 3.8) is 0 Å². The minimum atomic E-state index is -4.83. The highest BCUT2D eigenvalue weighted by Gasteiger charge is 2.42. The largest absolute Gasteiger partial charge is 0.471 e. The molecule has 1 rings (SSSR count). The molecule has 0 heterocycles. The number of carbonyl (C=O) groups excluding carboxylic acids is 1. The molecule has 1 aromatic carbocycles. The Bertz CT molecular complexity index is 334. The Labute approximate surface area is 85.3 Å². The van der Waals surface area contributed by atoms with Crippen molar-refractivity contribution >= 4 is 11.6 Å². The summed E-state index contributed by atoms with van der Waals surface area (Å²) in [7, 11) is 0. The highest BCUT2D eigenvalue weighted by atomic mass is 19.4. The number of hydrogen-bond acceptors (Lipinski definition) is 1. The molecular formula is C10H10F3NO. The van der Waals surface area contributed by atoms with Gasteiger partial charge in [0.15, 0.2) is 0 Å². The van der Waals surface area contributed by atoms with E-state index in [0.29, 0.717) is 4.90 Å². The van der Waals surface area contributed by atoms with Gasteiger partial charge in [0.25, 0.3) is 0 Å². The molecule has 0 radical (unpaired) electrons. The predicted octanol–water partition coefficient (Wildman–Crippen LogP) is 2.60. The lowest BCUT2D eigenvalue weighted by Gasteiger charge is -2.21. The Morgan fingerprint density at radius 1 is 1.27 bits per heavy atom. The summed E-state index contributed by atoms with van der Waals surface area (Å²) in [6.07, 6.45) is -4.83. The summed E-state index contributed by atoms with van der Waals surface area (Å²) in [5.74, 6) is -1.84. The molecule has 1 aromatic rings. The molecule has 0 unspecified atom stereocenters. The summed E-state index contributed by atoms with van der Waals surface area (Å²) in [4.78, 5) is 11.7. The van der Waals surface area contributed by atoms with Crippen LogP contribution >= 0.6 is 0 Å². The predicted molar refractivity (Wildman–Crippen MR) is 50.5 cm³/mol. The number of nitrogens with zero attached hydrogens (tertiary/aromatic N) is 1. The first kappa shape index (κ1) is 11.6. The van der Waals surface area contributed by atoms with E-state index >= 15 is 0 Å². The quantitative estimate of drug-likeness (QED) is 0.745. The molecule has 0 aliphatic rings. The van der Waals surface area contributed by atoms with Gasteiger partial charge in [-0.3, -0.25) is 4.79 Å². The molecule has 5 heteroatoms. The van der Waals surface area contributed by atoms with Crippen molar-refractivity contribution in [2.45, 2.75) is 13.1 Å². The second-order valence-electron chi connectivity index (χ2n) is 2.88. The van der Waals surface area contributed by atoms with E-state index in [0.717, 1.165) is 0 Å². The summed E-state index contributed by atoms with van der Waals surface area (Å²) in [5.41, 5.74) is 0.252. The van der Waals surface area contributed by atoms with Crippen molar-refractivity contribution in [2.75, 3.05) is 11.4 Å². The molecule has 15 heavy (non-hydrogen) atoms. The normalized spacial score (nSPS) is 11.2. The number of amides is 1. The summed E-state index contributed by atoms with van der Waals surface area (Å²) in [6, 6.07) is 7.78. The van der Waals surface area contributed by atoms with Gasteiger partial charge in [0, 0.05) is 12.2 Å².